The van der Waals surface area contributed by atoms with Gasteiger partial charge in [0, 0.05) is 54.0 Å². The maximum Gasteiger partial charge on any atom is 0.227 e. The standard InChI is InChI=1S/C28H32N4O4/c1-33-27-8-5-21-17-23(27)20-36-14-3-2-13-35-19-22-18-24(30-28-29-10-9-25(21)31-28)6-7-26(22)32-11-4-15-34-16-12-32/h2-3,5-10,17-18H,4,11-16,19-20H2,1H3,(H,29,30,31)/b3-2+. The minimum atomic E-state index is 0.436. The van der Waals surface area contributed by atoms with Gasteiger partial charge in [0.05, 0.1) is 45.8 Å². The van der Waals surface area contributed by atoms with Crippen molar-refractivity contribution < 1.29 is 18.9 Å². The summed E-state index contributed by atoms with van der Waals surface area (Å²) in [6.45, 7) is 5.30. The lowest BCUT2D eigenvalue weighted by atomic mass is 10.1. The molecule has 6 bridgehead atoms. The number of anilines is 3. The maximum atomic E-state index is 6.02. The molecule has 5 rings (SSSR count). The van der Waals surface area contributed by atoms with E-state index in [2.05, 4.69) is 39.5 Å². The lowest BCUT2D eigenvalue weighted by Crippen LogP contribution is -2.27. The third-order valence-electron chi connectivity index (χ3n) is 6.24. The highest BCUT2D eigenvalue weighted by atomic mass is 16.5. The Labute approximate surface area is 211 Å². The predicted molar refractivity (Wildman–Crippen MR) is 140 cm³/mol. The number of hydrogen-bond donors (Lipinski definition) is 1. The van der Waals surface area contributed by atoms with E-state index in [-0.39, 0.29) is 0 Å². The van der Waals surface area contributed by atoms with Crippen molar-refractivity contribution in [2.45, 2.75) is 19.6 Å². The van der Waals surface area contributed by atoms with Crippen molar-refractivity contribution >= 4 is 17.3 Å². The van der Waals surface area contributed by atoms with E-state index in [9.17, 15) is 0 Å². The summed E-state index contributed by atoms with van der Waals surface area (Å²) in [5.74, 6) is 1.32. The van der Waals surface area contributed by atoms with Gasteiger partial charge >= 0.3 is 0 Å². The van der Waals surface area contributed by atoms with Crippen molar-refractivity contribution in [3.05, 3.63) is 71.9 Å². The van der Waals surface area contributed by atoms with Crippen LogP contribution in [0.1, 0.15) is 17.5 Å². The first-order valence-electron chi connectivity index (χ1n) is 12.3. The van der Waals surface area contributed by atoms with Crippen LogP contribution in [0.5, 0.6) is 5.75 Å². The van der Waals surface area contributed by atoms with E-state index in [1.807, 2.05) is 30.4 Å². The first-order valence-corrected chi connectivity index (χ1v) is 12.3. The van der Waals surface area contributed by atoms with Crippen molar-refractivity contribution in [1.82, 2.24) is 9.97 Å². The summed E-state index contributed by atoms with van der Waals surface area (Å²) in [5.41, 5.74) is 5.97. The van der Waals surface area contributed by atoms with E-state index in [0.717, 1.165) is 66.5 Å². The molecule has 2 aliphatic rings. The summed E-state index contributed by atoms with van der Waals surface area (Å²) in [5, 5.41) is 3.38. The van der Waals surface area contributed by atoms with E-state index in [4.69, 9.17) is 23.9 Å². The van der Waals surface area contributed by atoms with Crippen molar-refractivity contribution in [2.75, 3.05) is 56.8 Å². The Hall–Kier alpha value is -3.46. The maximum absolute atomic E-state index is 6.02. The van der Waals surface area contributed by atoms with E-state index < -0.39 is 0 Å². The van der Waals surface area contributed by atoms with Crippen LogP contribution in [-0.4, -0.2) is 56.6 Å². The molecular weight excluding hydrogens is 456 g/mol. The summed E-state index contributed by atoms with van der Waals surface area (Å²) in [6.07, 6.45) is 6.76. The highest BCUT2D eigenvalue weighted by Gasteiger charge is 2.15. The average Bonchev–Trinajstić information content (AvgIpc) is 3.19. The molecule has 188 valence electrons. The van der Waals surface area contributed by atoms with Crippen molar-refractivity contribution in [3.8, 4) is 17.0 Å². The fourth-order valence-electron chi connectivity index (χ4n) is 4.44. The number of methoxy groups -OCH3 is 1. The fraction of sp³-hybridized carbons (Fsp3) is 0.357. The van der Waals surface area contributed by atoms with Crippen LogP contribution in [0, 0.1) is 0 Å². The van der Waals surface area contributed by atoms with Crippen LogP contribution in [-0.2, 0) is 27.4 Å². The van der Waals surface area contributed by atoms with Gasteiger partial charge in [-0.15, -0.1) is 0 Å². The van der Waals surface area contributed by atoms with Crippen LogP contribution < -0.4 is 15.0 Å². The summed E-state index contributed by atoms with van der Waals surface area (Å²) in [6, 6.07) is 14.3. The predicted octanol–water partition coefficient (Wildman–Crippen LogP) is 4.73. The minimum Gasteiger partial charge on any atom is -0.496 e. The number of ether oxygens (including phenoxy) is 4. The van der Waals surface area contributed by atoms with Crippen LogP contribution >= 0.6 is 0 Å². The molecule has 0 amide bonds. The zero-order valence-corrected chi connectivity index (χ0v) is 20.6. The molecule has 0 saturated carbocycles. The molecule has 8 heteroatoms. The van der Waals surface area contributed by atoms with Crippen LogP contribution in [0.25, 0.3) is 11.3 Å². The molecule has 0 atom stereocenters. The summed E-state index contributed by atoms with van der Waals surface area (Å²) >= 11 is 0. The first kappa shape index (κ1) is 24.2. The highest BCUT2D eigenvalue weighted by Crippen LogP contribution is 2.29. The fourth-order valence-corrected chi connectivity index (χ4v) is 4.44. The van der Waals surface area contributed by atoms with E-state index in [1.165, 1.54) is 5.69 Å². The molecule has 0 spiro atoms. The van der Waals surface area contributed by atoms with Gasteiger partial charge in [0.25, 0.3) is 0 Å². The Morgan fingerprint density at radius 1 is 0.889 bits per heavy atom. The molecule has 0 radical (unpaired) electrons. The van der Waals surface area contributed by atoms with Gasteiger partial charge in [0.15, 0.2) is 0 Å². The van der Waals surface area contributed by atoms with Gasteiger partial charge in [-0.25, -0.2) is 9.97 Å². The molecule has 3 heterocycles. The molecular formula is C28H32N4O4. The van der Waals surface area contributed by atoms with E-state index in [1.54, 1.807) is 13.3 Å². The molecule has 2 aromatic carbocycles. The lowest BCUT2D eigenvalue weighted by molar-refractivity contribution is 0.139. The second kappa shape index (κ2) is 12.0. The van der Waals surface area contributed by atoms with Gasteiger partial charge in [-0.05, 0) is 48.9 Å². The Balaban J connectivity index is 1.47. The van der Waals surface area contributed by atoms with Gasteiger partial charge in [-0.3, -0.25) is 0 Å². The smallest absolute Gasteiger partial charge is 0.227 e. The third-order valence-corrected chi connectivity index (χ3v) is 6.24. The van der Waals surface area contributed by atoms with E-state index >= 15 is 0 Å². The number of nitrogens with zero attached hydrogens (tertiary/aromatic N) is 3. The number of fused-ring (bicyclic) bond motifs is 7. The van der Waals surface area contributed by atoms with Crippen LogP contribution in [0.2, 0.25) is 0 Å². The third kappa shape index (κ3) is 6.02. The van der Waals surface area contributed by atoms with Gasteiger partial charge in [-0.1, -0.05) is 12.2 Å². The second-order valence-electron chi connectivity index (χ2n) is 8.72. The normalized spacial score (nSPS) is 17.8. The van der Waals surface area contributed by atoms with Gasteiger partial charge in [0.1, 0.15) is 5.75 Å². The second-order valence-corrected chi connectivity index (χ2v) is 8.72. The zero-order valence-electron chi connectivity index (χ0n) is 20.6. The van der Waals surface area contributed by atoms with Gasteiger partial charge in [0.2, 0.25) is 5.95 Å². The number of aromatic nitrogens is 2. The molecule has 1 aromatic heterocycles. The van der Waals surface area contributed by atoms with Crippen molar-refractivity contribution in [1.29, 1.82) is 0 Å². The molecule has 36 heavy (non-hydrogen) atoms. The Bertz CT molecular complexity index is 1190. The monoisotopic (exact) mass is 488 g/mol. The number of hydrogen-bond acceptors (Lipinski definition) is 8. The summed E-state index contributed by atoms with van der Waals surface area (Å²) < 4.78 is 23.1. The Morgan fingerprint density at radius 3 is 2.61 bits per heavy atom. The van der Waals surface area contributed by atoms with Crippen molar-refractivity contribution in [2.24, 2.45) is 0 Å². The highest BCUT2D eigenvalue weighted by molar-refractivity contribution is 5.66. The number of nitrogens with one attached hydrogen (secondary N) is 1. The van der Waals surface area contributed by atoms with Gasteiger partial charge < -0.3 is 29.2 Å². The van der Waals surface area contributed by atoms with Crippen molar-refractivity contribution in [3.63, 3.8) is 0 Å². The lowest BCUT2D eigenvalue weighted by Gasteiger charge is -2.25. The summed E-state index contributed by atoms with van der Waals surface area (Å²) in [4.78, 5) is 11.6. The molecule has 0 aliphatic carbocycles. The molecule has 8 nitrogen and oxygen atoms in total. The Kier molecular flexibility index (Phi) is 8.07. The molecule has 3 aromatic rings. The topological polar surface area (TPSA) is 78.0 Å². The largest absolute Gasteiger partial charge is 0.496 e. The van der Waals surface area contributed by atoms with E-state index in [0.29, 0.717) is 32.4 Å². The summed E-state index contributed by atoms with van der Waals surface area (Å²) in [7, 11) is 1.67. The first-order chi connectivity index (χ1) is 17.8. The zero-order chi connectivity index (χ0) is 24.6. The molecule has 1 N–H and O–H groups in total. The Morgan fingerprint density at radius 2 is 1.75 bits per heavy atom. The quantitative estimate of drug-likeness (QED) is 0.519. The molecule has 2 aliphatic heterocycles. The van der Waals surface area contributed by atoms with Crippen LogP contribution in [0.3, 0.4) is 0 Å². The van der Waals surface area contributed by atoms with Crippen LogP contribution in [0.4, 0.5) is 17.3 Å². The number of benzene rings is 2. The minimum absolute atomic E-state index is 0.436. The van der Waals surface area contributed by atoms with Crippen LogP contribution in [0.15, 0.2) is 60.8 Å². The van der Waals surface area contributed by atoms with Gasteiger partial charge in [-0.2, -0.15) is 0 Å². The number of rotatable bonds is 2. The molecule has 1 saturated heterocycles. The average molecular weight is 489 g/mol. The molecule has 1 fully saturated rings. The molecule has 0 unspecified atom stereocenters. The SMILES string of the molecule is COc1ccc2cc1COC/C=C/COCc1cc(ccc1N1CCCOCC1)Nc1nccc-2n1.